The molecule has 17 heavy (non-hydrogen) atoms. The molecule has 1 atom stereocenters. The highest BCUT2D eigenvalue weighted by Gasteiger charge is 2.15. The van der Waals surface area contributed by atoms with E-state index in [1.54, 1.807) is 0 Å². The second-order valence-corrected chi connectivity index (χ2v) is 4.95. The van der Waals surface area contributed by atoms with Crippen molar-refractivity contribution in [2.45, 2.75) is 26.3 Å². The fourth-order valence-corrected chi connectivity index (χ4v) is 2.59. The molecule has 0 aliphatic rings. The average molecular weight is 254 g/mol. The van der Waals surface area contributed by atoms with Gasteiger partial charge in [-0.2, -0.15) is 11.8 Å². The van der Waals surface area contributed by atoms with E-state index in [9.17, 15) is 0 Å². The Kier molecular flexibility index (Phi) is 5.55. The fraction of sp³-hybridized carbons (Fsp3) is 0.667. The Morgan fingerprint density at radius 3 is 2.71 bits per heavy atom. The molecule has 0 aliphatic carbocycles. The Hall–Kier alpha value is -0.970. The van der Waals surface area contributed by atoms with Gasteiger partial charge in [-0.1, -0.05) is 6.92 Å². The molecule has 1 aromatic rings. The van der Waals surface area contributed by atoms with Crippen LogP contribution in [0.1, 0.15) is 19.2 Å². The lowest BCUT2D eigenvalue weighted by atomic mass is 10.2. The summed E-state index contributed by atoms with van der Waals surface area (Å²) in [6.07, 6.45) is 3.26. The molecule has 96 valence electrons. The van der Waals surface area contributed by atoms with Gasteiger partial charge in [0, 0.05) is 32.0 Å². The molecule has 0 saturated carbocycles. The van der Waals surface area contributed by atoms with Crippen LogP contribution < -0.4 is 10.2 Å². The number of nitrogens with zero attached hydrogens (tertiary/aromatic N) is 3. The second kappa shape index (κ2) is 6.69. The van der Waals surface area contributed by atoms with Crippen LogP contribution in [0.15, 0.2) is 6.07 Å². The van der Waals surface area contributed by atoms with Crippen molar-refractivity contribution >= 4 is 23.4 Å². The normalized spacial score (nSPS) is 12.3. The molecule has 0 saturated heterocycles. The summed E-state index contributed by atoms with van der Waals surface area (Å²) in [7, 11) is 3.98. The summed E-state index contributed by atoms with van der Waals surface area (Å²) >= 11 is 1.87. The topological polar surface area (TPSA) is 41.0 Å². The van der Waals surface area contributed by atoms with E-state index in [1.807, 2.05) is 31.8 Å². The van der Waals surface area contributed by atoms with E-state index in [1.165, 1.54) is 0 Å². The van der Waals surface area contributed by atoms with Crippen LogP contribution in [0.2, 0.25) is 0 Å². The lowest BCUT2D eigenvalue weighted by molar-refractivity contribution is 0.664. The van der Waals surface area contributed by atoms with E-state index < -0.39 is 0 Å². The van der Waals surface area contributed by atoms with Gasteiger partial charge < -0.3 is 10.2 Å². The third-order valence-electron chi connectivity index (χ3n) is 2.82. The first-order valence-corrected chi connectivity index (χ1v) is 7.27. The number of hydrogen-bond donors (Lipinski definition) is 1. The fourth-order valence-electron chi connectivity index (χ4n) is 1.74. The number of nitrogens with one attached hydrogen (secondary N) is 1. The van der Waals surface area contributed by atoms with Crippen LogP contribution in [0.5, 0.6) is 0 Å². The number of rotatable bonds is 6. The van der Waals surface area contributed by atoms with Gasteiger partial charge in [0.05, 0.1) is 0 Å². The zero-order valence-electron chi connectivity index (χ0n) is 11.3. The molecule has 0 aliphatic heterocycles. The molecule has 0 bridgehead atoms. The van der Waals surface area contributed by atoms with Crippen molar-refractivity contribution in [3.05, 3.63) is 11.9 Å². The highest BCUT2D eigenvalue weighted by atomic mass is 32.2. The van der Waals surface area contributed by atoms with E-state index in [-0.39, 0.29) is 0 Å². The number of aromatic nitrogens is 2. The van der Waals surface area contributed by atoms with Gasteiger partial charge in [0.1, 0.15) is 17.5 Å². The SMILES string of the molecule is CCC(CSC)N(C)c1cc(NC)nc(C)n1. The lowest BCUT2D eigenvalue weighted by Crippen LogP contribution is -2.34. The summed E-state index contributed by atoms with van der Waals surface area (Å²) in [5, 5.41) is 3.07. The van der Waals surface area contributed by atoms with Crippen molar-refractivity contribution in [3.8, 4) is 0 Å². The number of anilines is 2. The zero-order chi connectivity index (χ0) is 12.8. The Bertz CT molecular complexity index is 356. The molecule has 4 nitrogen and oxygen atoms in total. The van der Waals surface area contributed by atoms with E-state index in [4.69, 9.17) is 0 Å². The molecule has 1 rings (SSSR count). The maximum Gasteiger partial charge on any atom is 0.134 e. The van der Waals surface area contributed by atoms with Crippen LogP contribution in [-0.2, 0) is 0 Å². The van der Waals surface area contributed by atoms with Gasteiger partial charge in [-0.3, -0.25) is 0 Å². The van der Waals surface area contributed by atoms with Crippen molar-refractivity contribution in [1.82, 2.24) is 9.97 Å². The summed E-state index contributed by atoms with van der Waals surface area (Å²) < 4.78 is 0. The summed E-state index contributed by atoms with van der Waals surface area (Å²) in [6.45, 7) is 4.14. The molecular weight excluding hydrogens is 232 g/mol. The van der Waals surface area contributed by atoms with Crippen molar-refractivity contribution in [1.29, 1.82) is 0 Å². The minimum absolute atomic E-state index is 0.518. The molecule has 0 radical (unpaired) electrons. The molecule has 1 aromatic heterocycles. The second-order valence-electron chi connectivity index (χ2n) is 4.04. The molecule has 1 N–H and O–H groups in total. The van der Waals surface area contributed by atoms with Crippen LogP contribution in [0, 0.1) is 6.92 Å². The first kappa shape index (κ1) is 14.1. The quantitative estimate of drug-likeness (QED) is 0.844. The van der Waals surface area contributed by atoms with Crippen molar-refractivity contribution in [2.75, 3.05) is 36.3 Å². The highest BCUT2D eigenvalue weighted by Crippen LogP contribution is 2.19. The maximum atomic E-state index is 4.50. The largest absolute Gasteiger partial charge is 0.373 e. The van der Waals surface area contributed by atoms with E-state index >= 15 is 0 Å². The van der Waals surface area contributed by atoms with Crippen molar-refractivity contribution in [2.24, 2.45) is 0 Å². The number of aryl methyl sites for hydroxylation is 1. The van der Waals surface area contributed by atoms with E-state index in [0.717, 1.165) is 29.6 Å². The summed E-state index contributed by atoms with van der Waals surface area (Å²) in [4.78, 5) is 11.1. The van der Waals surface area contributed by atoms with Gasteiger partial charge in [-0.25, -0.2) is 9.97 Å². The van der Waals surface area contributed by atoms with Gasteiger partial charge in [0.25, 0.3) is 0 Å². The van der Waals surface area contributed by atoms with E-state index in [2.05, 4.69) is 40.4 Å². The van der Waals surface area contributed by atoms with Gasteiger partial charge in [-0.15, -0.1) is 0 Å². The molecule has 0 spiro atoms. The zero-order valence-corrected chi connectivity index (χ0v) is 12.1. The smallest absolute Gasteiger partial charge is 0.134 e. The molecule has 0 fully saturated rings. The predicted octanol–water partition coefficient (Wildman–Crippen LogP) is 2.40. The molecule has 1 heterocycles. The molecule has 5 heteroatoms. The third-order valence-corrected chi connectivity index (χ3v) is 3.54. The first-order valence-electron chi connectivity index (χ1n) is 5.87. The number of hydrogen-bond acceptors (Lipinski definition) is 5. The predicted molar refractivity (Wildman–Crippen MR) is 77.2 cm³/mol. The van der Waals surface area contributed by atoms with Crippen LogP contribution >= 0.6 is 11.8 Å². The molecular formula is C12H22N4S. The van der Waals surface area contributed by atoms with Gasteiger partial charge >= 0.3 is 0 Å². The summed E-state index contributed by atoms with van der Waals surface area (Å²) in [5.41, 5.74) is 0. The van der Waals surface area contributed by atoms with Crippen molar-refractivity contribution in [3.63, 3.8) is 0 Å². The minimum Gasteiger partial charge on any atom is -0.373 e. The summed E-state index contributed by atoms with van der Waals surface area (Å²) in [5.74, 6) is 3.78. The lowest BCUT2D eigenvalue weighted by Gasteiger charge is -2.28. The Labute approximate surface area is 108 Å². The van der Waals surface area contributed by atoms with Crippen LogP contribution in [0.3, 0.4) is 0 Å². The van der Waals surface area contributed by atoms with Crippen molar-refractivity contribution < 1.29 is 0 Å². The molecule has 0 aromatic carbocycles. The average Bonchev–Trinajstić information content (AvgIpc) is 2.34. The van der Waals surface area contributed by atoms with Crippen LogP contribution in [0.4, 0.5) is 11.6 Å². The Morgan fingerprint density at radius 1 is 1.47 bits per heavy atom. The first-order chi connectivity index (χ1) is 8.12. The van der Waals surface area contributed by atoms with Gasteiger partial charge in [-0.05, 0) is 19.6 Å². The third kappa shape index (κ3) is 3.77. The summed E-state index contributed by atoms with van der Waals surface area (Å²) in [6, 6.07) is 2.51. The Balaban J connectivity index is 2.93. The molecule has 0 amide bonds. The standard InChI is InChI=1S/C12H22N4S/c1-6-10(8-17-5)16(4)12-7-11(13-3)14-9(2)15-12/h7,10H,6,8H2,1-5H3,(H,13,14,15). The van der Waals surface area contributed by atoms with Gasteiger partial charge in [0.15, 0.2) is 0 Å². The van der Waals surface area contributed by atoms with Crippen LogP contribution in [0.25, 0.3) is 0 Å². The highest BCUT2D eigenvalue weighted by molar-refractivity contribution is 7.98. The number of thioether (sulfide) groups is 1. The van der Waals surface area contributed by atoms with Gasteiger partial charge in [0.2, 0.25) is 0 Å². The monoisotopic (exact) mass is 254 g/mol. The Morgan fingerprint density at radius 2 is 2.18 bits per heavy atom. The molecule has 1 unspecified atom stereocenters. The van der Waals surface area contributed by atoms with E-state index in [0.29, 0.717) is 6.04 Å². The maximum absolute atomic E-state index is 4.50. The van der Waals surface area contributed by atoms with Crippen LogP contribution in [-0.4, -0.2) is 42.1 Å². The minimum atomic E-state index is 0.518.